The zero-order valence-electron chi connectivity index (χ0n) is 8.64. The molecule has 5 heteroatoms. The lowest BCUT2D eigenvalue weighted by atomic mass is 10.3. The lowest BCUT2D eigenvalue weighted by molar-refractivity contribution is 0.0696. The molecule has 0 radical (unpaired) electrons. The first-order valence-electron chi connectivity index (χ1n) is 4.68. The molecule has 1 rings (SSSR count). The topological polar surface area (TPSA) is 62.2 Å². The Morgan fingerprint density at radius 2 is 2.44 bits per heavy atom. The fourth-order valence-electron chi connectivity index (χ4n) is 1.01. The molecule has 16 heavy (non-hydrogen) atoms. The molecule has 84 valence electrons. The first-order chi connectivity index (χ1) is 7.74. The number of aromatic nitrogens is 1. The summed E-state index contributed by atoms with van der Waals surface area (Å²) in [5, 5.41) is 11.7. The maximum Gasteiger partial charge on any atom is 0.337 e. The number of nitrogens with one attached hydrogen (secondary N) is 1. The first-order valence-corrected chi connectivity index (χ1v) is 5.84. The van der Waals surface area contributed by atoms with Crippen molar-refractivity contribution in [1.82, 2.24) is 4.98 Å². The van der Waals surface area contributed by atoms with Gasteiger partial charge in [-0.2, -0.15) is 0 Å². The van der Waals surface area contributed by atoms with Gasteiger partial charge in [0.25, 0.3) is 0 Å². The summed E-state index contributed by atoms with van der Waals surface area (Å²) < 4.78 is 0. The minimum atomic E-state index is -0.969. The Hall–Kier alpha value is -1.67. The van der Waals surface area contributed by atoms with E-state index >= 15 is 0 Å². The Morgan fingerprint density at radius 1 is 1.62 bits per heavy atom. The summed E-state index contributed by atoms with van der Waals surface area (Å²) in [4.78, 5) is 14.5. The van der Waals surface area contributed by atoms with Gasteiger partial charge in [0.1, 0.15) is 5.82 Å². The Morgan fingerprint density at radius 3 is 3.00 bits per heavy atom. The summed E-state index contributed by atoms with van der Waals surface area (Å²) in [5.41, 5.74) is 0.187. The van der Waals surface area contributed by atoms with Crippen LogP contribution >= 0.6 is 11.8 Å². The van der Waals surface area contributed by atoms with Crippen molar-refractivity contribution < 1.29 is 9.90 Å². The Bertz CT molecular complexity index is 384. The van der Waals surface area contributed by atoms with Gasteiger partial charge in [-0.3, -0.25) is 0 Å². The summed E-state index contributed by atoms with van der Waals surface area (Å²) in [5.74, 6) is 3.84. The Kier molecular flexibility index (Phi) is 5.23. The molecule has 0 aliphatic rings. The summed E-state index contributed by atoms with van der Waals surface area (Å²) in [7, 11) is 0. The number of carbonyl (C=O) groups is 1. The Labute approximate surface area is 98.5 Å². The highest BCUT2D eigenvalue weighted by atomic mass is 32.2. The molecule has 1 heterocycles. The van der Waals surface area contributed by atoms with Crippen molar-refractivity contribution in [2.45, 2.75) is 0 Å². The molecule has 4 nitrogen and oxygen atoms in total. The number of carboxylic acid groups (broad SMARTS) is 1. The van der Waals surface area contributed by atoms with Gasteiger partial charge in [-0.15, -0.1) is 18.2 Å². The van der Waals surface area contributed by atoms with Crippen LogP contribution in [0, 0.1) is 12.3 Å². The molecule has 0 aromatic carbocycles. The van der Waals surface area contributed by atoms with Gasteiger partial charge in [0, 0.05) is 18.5 Å². The molecule has 0 saturated heterocycles. The molecule has 1 aromatic heterocycles. The summed E-state index contributed by atoms with van der Waals surface area (Å²) in [6.07, 6.45) is 6.44. The van der Waals surface area contributed by atoms with Crippen LogP contribution in [0.4, 0.5) is 5.82 Å². The molecule has 0 amide bonds. The minimum absolute atomic E-state index is 0.187. The summed E-state index contributed by atoms with van der Waals surface area (Å²) in [6.45, 7) is 0.756. The number of aromatic carboxylic acids is 1. The zero-order chi connectivity index (χ0) is 11.8. The number of hydrogen-bond acceptors (Lipinski definition) is 4. The first kappa shape index (κ1) is 12.4. The molecule has 0 bridgehead atoms. The van der Waals surface area contributed by atoms with E-state index in [1.165, 1.54) is 12.3 Å². The number of rotatable bonds is 6. The monoisotopic (exact) mass is 236 g/mol. The molecule has 0 saturated carbocycles. The molecule has 0 fully saturated rings. The van der Waals surface area contributed by atoms with E-state index in [1.807, 2.05) is 0 Å². The van der Waals surface area contributed by atoms with Gasteiger partial charge >= 0.3 is 5.97 Å². The molecule has 0 atom stereocenters. The fraction of sp³-hybridized carbons (Fsp3) is 0.273. The molecule has 0 unspecified atom stereocenters. The van der Waals surface area contributed by atoms with E-state index in [4.69, 9.17) is 11.5 Å². The predicted octanol–water partition coefficient (Wildman–Crippen LogP) is 1.56. The molecule has 0 spiro atoms. The number of carboxylic acids is 1. The lowest BCUT2D eigenvalue weighted by Crippen LogP contribution is -2.06. The summed E-state index contributed by atoms with van der Waals surface area (Å²) >= 11 is 1.66. The average molecular weight is 236 g/mol. The highest BCUT2D eigenvalue weighted by Gasteiger charge is 2.01. The van der Waals surface area contributed by atoms with Crippen molar-refractivity contribution in [2.24, 2.45) is 0 Å². The maximum atomic E-state index is 10.6. The largest absolute Gasteiger partial charge is 0.478 e. The second kappa shape index (κ2) is 6.75. The van der Waals surface area contributed by atoms with Crippen LogP contribution in [-0.4, -0.2) is 34.1 Å². The van der Waals surface area contributed by atoms with Crippen molar-refractivity contribution in [3.63, 3.8) is 0 Å². The smallest absolute Gasteiger partial charge is 0.337 e. The van der Waals surface area contributed by atoms with E-state index in [0.29, 0.717) is 11.6 Å². The molecule has 0 aliphatic heterocycles. The van der Waals surface area contributed by atoms with Gasteiger partial charge in [-0.05, 0) is 12.1 Å². The van der Waals surface area contributed by atoms with Crippen molar-refractivity contribution >= 4 is 23.5 Å². The van der Waals surface area contributed by atoms with E-state index in [9.17, 15) is 4.79 Å². The van der Waals surface area contributed by atoms with Crippen molar-refractivity contribution in [3.8, 4) is 12.3 Å². The van der Waals surface area contributed by atoms with Gasteiger partial charge < -0.3 is 10.4 Å². The van der Waals surface area contributed by atoms with E-state index in [1.54, 1.807) is 17.8 Å². The van der Waals surface area contributed by atoms with Gasteiger partial charge in [0.2, 0.25) is 0 Å². The second-order valence-electron chi connectivity index (χ2n) is 2.92. The highest BCUT2D eigenvalue weighted by Crippen LogP contribution is 2.05. The number of thioether (sulfide) groups is 1. The van der Waals surface area contributed by atoms with Crippen LogP contribution < -0.4 is 5.32 Å². The number of terminal acetylenes is 1. The molecule has 2 N–H and O–H groups in total. The van der Waals surface area contributed by atoms with Crippen LogP contribution in [0.25, 0.3) is 0 Å². The van der Waals surface area contributed by atoms with Gasteiger partial charge in [-0.1, -0.05) is 5.92 Å². The summed E-state index contributed by atoms with van der Waals surface area (Å²) in [6, 6.07) is 3.17. The third kappa shape index (κ3) is 4.24. The van der Waals surface area contributed by atoms with E-state index < -0.39 is 5.97 Å². The third-order valence-corrected chi connectivity index (χ3v) is 2.61. The average Bonchev–Trinajstić information content (AvgIpc) is 2.29. The van der Waals surface area contributed by atoms with Crippen LogP contribution in [0.3, 0.4) is 0 Å². The van der Waals surface area contributed by atoms with Crippen LogP contribution in [-0.2, 0) is 0 Å². The van der Waals surface area contributed by atoms with E-state index in [0.717, 1.165) is 12.3 Å². The van der Waals surface area contributed by atoms with Gasteiger partial charge in [0.05, 0.1) is 11.3 Å². The van der Waals surface area contributed by atoms with Gasteiger partial charge in [0.15, 0.2) is 0 Å². The van der Waals surface area contributed by atoms with Crippen LogP contribution in [0.5, 0.6) is 0 Å². The maximum absolute atomic E-state index is 10.6. The fourth-order valence-corrected chi connectivity index (χ4v) is 1.52. The number of anilines is 1. The van der Waals surface area contributed by atoms with Gasteiger partial charge in [-0.25, -0.2) is 9.78 Å². The molecular formula is C11H12N2O2S. The normalized spacial score (nSPS) is 9.44. The number of pyridine rings is 1. The van der Waals surface area contributed by atoms with E-state index in [-0.39, 0.29) is 5.56 Å². The number of hydrogen-bond donors (Lipinski definition) is 2. The quantitative estimate of drug-likeness (QED) is 0.579. The van der Waals surface area contributed by atoms with Crippen LogP contribution in [0.2, 0.25) is 0 Å². The van der Waals surface area contributed by atoms with Crippen LogP contribution in [0.1, 0.15) is 10.4 Å². The molecular weight excluding hydrogens is 224 g/mol. The highest BCUT2D eigenvalue weighted by molar-refractivity contribution is 7.99. The van der Waals surface area contributed by atoms with Crippen molar-refractivity contribution in [2.75, 3.05) is 23.4 Å². The number of nitrogens with zero attached hydrogens (tertiary/aromatic N) is 1. The lowest BCUT2D eigenvalue weighted by Gasteiger charge is -2.04. The van der Waals surface area contributed by atoms with E-state index in [2.05, 4.69) is 16.2 Å². The third-order valence-electron chi connectivity index (χ3n) is 1.75. The minimum Gasteiger partial charge on any atom is -0.478 e. The molecule has 1 aromatic rings. The SMILES string of the molecule is C#CCSCCNc1ccc(C(=O)O)cn1. The van der Waals surface area contributed by atoms with Crippen LogP contribution in [0.15, 0.2) is 18.3 Å². The Balaban J connectivity index is 2.33. The standard InChI is InChI=1S/C11H12N2O2S/c1-2-6-16-7-5-12-10-4-3-9(8-13-10)11(14)15/h1,3-4,8H,5-7H2,(H,12,13)(H,14,15). The van der Waals surface area contributed by atoms with Crippen molar-refractivity contribution in [1.29, 1.82) is 0 Å². The van der Waals surface area contributed by atoms with Crippen molar-refractivity contribution in [3.05, 3.63) is 23.9 Å². The second-order valence-corrected chi connectivity index (χ2v) is 4.03. The zero-order valence-corrected chi connectivity index (χ0v) is 9.46. The molecule has 0 aliphatic carbocycles. The predicted molar refractivity (Wildman–Crippen MR) is 65.8 cm³/mol.